The summed E-state index contributed by atoms with van der Waals surface area (Å²) in [6.45, 7) is 0. The third-order valence-electron chi connectivity index (χ3n) is 2.68. The molecule has 1 atom stereocenters. The Morgan fingerprint density at radius 1 is 1.25 bits per heavy atom. The van der Waals surface area contributed by atoms with Crippen molar-refractivity contribution in [3.05, 3.63) is 52.2 Å². The van der Waals surface area contributed by atoms with Gasteiger partial charge >= 0.3 is 6.36 Å². The van der Waals surface area contributed by atoms with Crippen molar-refractivity contribution >= 4 is 11.3 Å². The number of thiophene rings is 1. The summed E-state index contributed by atoms with van der Waals surface area (Å²) in [6, 6.07) is 9.41. The van der Waals surface area contributed by atoms with Crippen LogP contribution in [0.1, 0.15) is 16.5 Å². The minimum Gasteiger partial charge on any atom is -0.406 e. The predicted octanol–water partition coefficient (Wildman–Crippen LogP) is 3.39. The van der Waals surface area contributed by atoms with Crippen molar-refractivity contribution in [2.24, 2.45) is 5.84 Å². The van der Waals surface area contributed by atoms with E-state index in [9.17, 15) is 13.2 Å². The van der Waals surface area contributed by atoms with Gasteiger partial charge in [0, 0.05) is 11.3 Å². The van der Waals surface area contributed by atoms with Gasteiger partial charge < -0.3 is 4.74 Å². The largest absolute Gasteiger partial charge is 0.573 e. The van der Waals surface area contributed by atoms with Crippen molar-refractivity contribution in [3.8, 4) is 5.75 Å². The third-order valence-corrected chi connectivity index (χ3v) is 3.58. The van der Waals surface area contributed by atoms with E-state index >= 15 is 0 Å². The van der Waals surface area contributed by atoms with Crippen LogP contribution in [-0.4, -0.2) is 6.36 Å². The van der Waals surface area contributed by atoms with E-state index in [2.05, 4.69) is 10.2 Å². The summed E-state index contributed by atoms with van der Waals surface area (Å²) in [4.78, 5) is 1.09. The molecule has 2 rings (SSSR count). The summed E-state index contributed by atoms with van der Waals surface area (Å²) in [5.74, 6) is 5.24. The highest BCUT2D eigenvalue weighted by molar-refractivity contribution is 7.09. The SMILES string of the molecule is NNC(Cc1cccs1)c1cccc(OC(F)(F)F)c1. The molecule has 3 N–H and O–H groups in total. The van der Waals surface area contributed by atoms with Crippen LogP contribution >= 0.6 is 11.3 Å². The zero-order valence-electron chi connectivity index (χ0n) is 10.4. The van der Waals surface area contributed by atoms with Gasteiger partial charge in [0.25, 0.3) is 0 Å². The first-order valence-electron chi connectivity index (χ1n) is 5.82. The van der Waals surface area contributed by atoms with Gasteiger partial charge in [0.2, 0.25) is 0 Å². The molecule has 7 heteroatoms. The summed E-state index contributed by atoms with van der Waals surface area (Å²) in [5, 5.41) is 1.94. The molecule has 1 unspecified atom stereocenters. The Kier molecular flexibility index (Phi) is 4.64. The first kappa shape index (κ1) is 14.8. The van der Waals surface area contributed by atoms with Crippen LogP contribution in [0.2, 0.25) is 0 Å². The molecule has 1 aromatic heterocycles. The number of ether oxygens (including phenoxy) is 1. The Hall–Kier alpha value is -1.57. The van der Waals surface area contributed by atoms with Crippen molar-refractivity contribution in [1.82, 2.24) is 5.43 Å². The number of halogens is 3. The Morgan fingerprint density at radius 2 is 2.05 bits per heavy atom. The maximum atomic E-state index is 12.2. The van der Waals surface area contributed by atoms with Crippen LogP contribution in [0, 0.1) is 0 Å². The van der Waals surface area contributed by atoms with Gasteiger partial charge in [0.1, 0.15) is 5.75 Å². The maximum Gasteiger partial charge on any atom is 0.573 e. The summed E-state index contributed by atoms with van der Waals surface area (Å²) in [5.41, 5.74) is 3.26. The summed E-state index contributed by atoms with van der Waals surface area (Å²) in [7, 11) is 0. The average molecular weight is 302 g/mol. The Balaban J connectivity index is 2.15. The van der Waals surface area contributed by atoms with Crippen LogP contribution in [0.5, 0.6) is 5.75 Å². The lowest BCUT2D eigenvalue weighted by Crippen LogP contribution is -2.29. The maximum absolute atomic E-state index is 12.2. The molecular weight excluding hydrogens is 289 g/mol. The monoisotopic (exact) mass is 302 g/mol. The molecule has 1 heterocycles. The fraction of sp³-hybridized carbons (Fsp3) is 0.231. The van der Waals surface area contributed by atoms with Gasteiger partial charge in [-0.05, 0) is 29.1 Å². The van der Waals surface area contributed by atoms with Gasteiger partial charge in [0.05, 0.1) is 6.04 Å². The first-order chi connectivity index (χ1) is 9.48. The second-order valence-electron chi connectivity index (χ2n) is 4.12. The molecule has 1 aromatic carbocycles. The van der Waals surface area contributed by atoms with E-state index < -0.39 is 6.36 Å². The van der Waals surface area contributed by atoms with Crippen LogP contribution in [0.3, 0.4) is 0 Å². The first-order valence-corrected chi connectivity index (χ1v) is 6.70. The van der Waals surface area contributed by atoms with Gasteiger partial charge in [-0.1, -0.05) is 18.2 Å². The van der Waals surface area contributed by atoms with Gasteiger partial charge in [-0.15, -0.1) is 24.5 Å². The minimum absolute atomic E-state index is 0.249. The van der Waals surface area contributed by atoms with Crippen molar-refractivity contribution in [3.63, 3.8) is 0 Å². The van der Waals surface area contributed by atoms with E-state index in [1.807, 2.05) is 17.5 Å². The van der Waals surface area contributed by atoms with Gasteiger partial charge in [0.15, 0.2) is 0 Å². The Morgan fingerprint density at radius 3 is 2.65 bits per heavy atom. The second kappa shape index (κ2) is 6.25. The van der Waals surface area contributed by atoms with E-state index in [0.29, 0.717) is 12.0 Å². The third kappa shape index (κ3) is 4.22. The van der Waals surface area contributed by atoms with Gasteiger partial charge in [-0.25, -0.2) is 0 Å². The molecule has 3 nitrogen and oxygen atoms in total. The molecule has 108 valence electrons. The number of nitrogens with one attached hydrogen (secondary N) is 1. The number of hydrogen-bond donors (Lipinski definition) is 2. The van der Waals surface area contributed by atoms with Crippen molar-refractivity contribution in [2.75, 3.05) is 0 Å². The van der Waals surface area contributed by atoms with Crippen LogP contribution in [0.25, 0.3) is 0 Å². The van der Waals surface area contributed by atoms with Crippen LogP contribution in [-0.2, 0) is 6.42 Å². The summed E-state index contributed by atoms with van der Waals surface area (Å²) < 4.78 is 40.5. The number of alkyl halides is 3. The number of nitrogens with two attached hydrogens (primary N) is 1. The summed E-state index contributed by atoms with van der Waals surface area (Å²) in [6.07, 6.45) is -4.10. The highest BCUT2D eigenvalue weighted by atomic mass is 32.1. The molecule has 0 saturated carbocycles. The Labute approximate surface area is 118 Å². The van der Waals surface area contributed by atoms with Crippen LogP contribution in [0.15, 0.2) is 41.8 Å². The minimum atomic E-state index is -4.70. The topological polar surface area (TPSA) is 47.3 Å². The Bertz CT molecular complexity index is 543. The molecule has 0 aliphatic heterocycles. The molecular formula is C13H13F3N2OS. The van der Waals surface area contributed by atoms with Crippen molar-refractivity contribution in [1.29, 1.82) is 0 Å². The zero-order valence-corrected chi connectivity index (χ0v) is 11.2. The number of benzene rings is 1. The van der Waals surface area contributed by atoms with Crippen LogP contribution < -0.4 is 16.0 Å². The summed E-state index contributed by atoms with van der Waals surface area (Å²) >= 11 is 1.57. The fourth-order valence-electron chi connectivity index (χ4n) is 1.83. The zero-order chi connectivity index (χ0) is 14.6. The smallest absolute Gasteiger partial charge is 0.406 e. The van der Waals surface area contributed by atoms with E-state index in [1.54, 1.807) is 17.4 Å². The quantitative estimate of drug-likeness (QED) is 0.657. The van der Waals surface area contributed by atoms with Crippen molar-refractivity contribution in [2.45, 2.75) is 18.8 Å². The lowest BCUT2D eigenvalue weighted by atomic mass is 10.0. The van der Waals surface area contributed by atoms with Crippen LogP contribution in [0.4, 0.5) is 13.2 Å². The molecule has 0 aliphatic rings. The number of rotatable bonds is 5. The normalized spacial score (nSPS) is 13.2. The molecule has 20 heavy (non-hydrogen) atoms. The molecule has 0 radical (unpaired) electrons. The fourth-order valence-corrected chi connectivity index (χ4v) is 2.58. The van der Waals surface area contributed by atoms with E-state index in [-0.39, 0.29) is 11.8 Å². The van der Waals surface area contributed by atoms with E-state index in [1.165, 1.54) is 18.2 Å². The second-order valence-corrected chi connectivity index (χ2v) is 5.16. The lowest BCUT2D eigenvalue weighted by molar-refractivity contribution is -0.274. The average Bonchev–Trinajstić information content (AvgIpc) is 2.87. The highest BCUT2D eigenvalue weighted by Crippen LogP contribution is 2.27. The highest BCUT2D eigenvalue weighted by Gasteiger charge is 2.31. The van der Waals surface area contributed by atoms with Gasteiger partial charge in [-0.2, -0.15) is 0 Å². The predicted molar refractivity (Wildman–Crippen MR) is 71.2 cm³/mol. The van der Waals surface area contributed by atoms with E-state index in [4.69, 9.17) is 5.84 Å². The van der Waals surface area contributed by atoms with Gasteiger partial charge in [-0.3, -0.25) is 11.3 Å². The molecule has 0 saturated heterocycles. The molecule has 0 amide bonds. The molecule has 2 aromatic rings. The van der Waals surface area contributed by atoms with Crippen molar-refractivity contribution < 1.29 is 17.9 Å². The standard InChI is InChI=1S/C13H13F3N2OS/c14-13(15,16)19-10-4-1-3-9(7-10)12(18-17)8-11-5-2-6-20-11/h1-7,12,18H,8,17H2. The number of hydrogen-bond acceptors (Lipinski definition) is 4. The number of hydrazine groups is 1. The molecule has 0 aliphatic carbocycles. The van der Waals surface area contributed by atoms with E-state index in [0.717, 1.165) is 4.88 Å². The molecule has 0 bridgehead atoms. The molecule has 0 spiro atoms. The molecule has 0 fully saturated rings. The lowest BCUT2D eigenvalue weighted by Gasteiger charge is -2.17.